The summed E-state index contributed by atoms with van der Waals surface area (Å²) in [5.74, 6) is 0. The summed E-state index contributed by atoms with van der Waals surface area (Å²) in [6.45, 7) is 2.23. The number of piperidine rings is 1. The van der Waals surface area contributed by atoms with E-state index in [4.69, 9.17) is 0 Å². The monoisotopic (exact) mass is 273 g/mol. The maximum absolute atomic E-state index is 12.4. The van der Waals surface area contributed by atoms with E-state index in [0.29, 0.717) is 0 Å². The van der Waals surface area contributed by atoms with Crippen LogP contribution < -0.4 is 5.32 Å². The molecule has 1 aromatic carbocycles. The molecule has 0 aromatic heterocycles. The van der Waals surface area contributed by atoms with Crippen molar-refractivity contribution in [2.45, 2.75) is 25.3 Å². The predicted octanol–water partition coefficient (Wildman–Crippen LogP) is 1.70. The van der Waals surface area contributed by atoms with Crippen molar-refractivity contribution >= 4 is 18.1 Å². The van der Waals surface area contributed by atoms with E-state index < -0.39 is 0 Å². The number of nitrogens with one attached hydrogen (secondary N) is 1. The SMILES string of the molecule is O=CN1CCC(N2CCc3ccccc3NC2=O)CC1. The van der Waals surface area contributed by atoms with Gasteiger partial charge >= 0.3 is 6.03 Å². The molecular formula is C15H19N3O2. The van der Waals surface area contributed by atoms with Crippen LogP contribution in [-0.4, -0.2) is 47.9 Å². The Hall–Kier alpha value is -2.04. The second-order valence-electron chi connectivity index (χ2n) is 5.40. The first kappa shape index (κ1) is 13.0. The molecular weight excluding hydrogens is 254 g/mol. The number of urea groups is 1. The molecule has 1 fully saturated rings. The minimum absolute atomic E-state index is 0.0143. The van der Waals surface area contributed by atoms with E-state index in [1.165, 1.54) is 5.56 Å². The Bertz CT molecular complexity index is 510. The van der Waals surface area contributed by atoms with E-state index in [1.54, 1.807) is 4.90 Å². The first-order valence-electron chi connectivity index (χ1n) is 7.13. The third-order valence-corrected chi connectivity index (χ3v) is 4.23. The van der Waals surface area contributed by atoms with Gasteiger partial charge in [0.15, 0.2) is 0 Å². The number of benzene rings is 1. The zero-order valence-electron chi connectivity index (χ0n) is 11.4. The molecule has 2 heterocycles. The molecule has 0 bridgehead atoms. The van der Waals surface area contributed by atoms with Gasteiger partial charge in [0, 0.05) is 31.4 Å². The second-order valence-corrected chi connectivity index (χ2v) is 5.40. The first-order valence-corrected chi connectivity index (χ1v) is 7.13. The van der Waals surface area contributed by atoms with Crippen LogP contribution in [-0.2, 0) is 11.2 Å². The van der Waals surface area contributed by atoms with Crippen molar-refractivity contribution in [3.8, 4) is 0 Å². The van der Waals surface area contributed by atoms with Gasteiger partial charge < -0.3 is 15.1 Å². The van der Waals surface area contributed by atoms with E-state index in [-0.39, 0.29) is 12.1 Å². The highest BCUT2D eigenvalue weighted by Gasteiger charge is 2.29. The second kappa shape index (κ2) is 5.53. The number of likely N-dealkylation sites (tertiary alicyclic amines) is 1. The third kappa shape index (κ3) is 2.48. The molecule has 1 saturated heterocycles. The van der Waals surface area contributed by atoms with Gasteiger partial charge in [-0.25, -0.2) is 4.79 Å². The summed E-state index contributed by atoms with van der Waals surface area (Å²) >= 11 is 0. The van der Waals surface area contributed by atoms with Crippen LogP contribution in [0.5, 0.6) is 0 Å². The fourth-order valence-corrected chi connectivity index (χ4v) is 3.04. The van der Waals surface area contributed by atoms with Crippen molar-refractivity contribution in [3.63, 3.8) is 0 Å². The fourth-order valence-electron chi connectivity index (χ4n) is 3.04. The van der Waals surface area contributed by atoms with Gasteiger partial charge in [-0.2, -0.15) is 0 Å². The highest BCUT2D eigenvalue weighted by molar-refractivity contribution is 5.91. The number of carbonyl (C=O) groups is 2. The lowest BCUT2D eigenvalue weighted by Crippen LogP contribution is -2.48. The van der Waals surface area contributed by atoms with Gasteiger partial charge in [0.25, 0.3) is 0 Å². The van der Waals surface area contributed by atoms with E-state index in [1.807, 2.05) is 23.1 Å². The molecule has 0 radical (unpaired) electrons. The van der Waals surface area contributed by atoms with Crippen LogP contribution in [0.3, 0.4) is 0 Å². The molecule has 2 aliphatic rings. The van der Waals surface area contributed by atoms with Gasteiger partial charge in [-0.15, -0.1) is 0 Å². The molecule has 1 aromatic rings. The van der Waals surface area contributed by atoms with Crippen LogP contribution >= 0.6 is 0 Å². The van der Waals surface area contributed by atoms with Crippen LogP contribution in [0.15, 0.2) is 24.3 Å². The number of nitrogens with zero attached hydrogens (tertiary/aromatic N) is 2. The van der Waals surface area contributed by atoms with E-state index in [0.717, 1.165) is 51.0 Å². The predicted molar refractivity (Wildman–Crippen MR) is 76.5 cm³/mol. The zero-order valence-corrected chi connectivity index (χ0v) is 11.4. The summed E-state index contributed by atoms with van der Waals surface area (Å²) in [6, 6.07) is 8.18. The van der Waals surface area contributed by atoms with Gasteiger partial charge in [-0.3, -0.25) is 4.79 Å². The maximum atomic E-state index is 12.4. The van der Waals surface area contributed by atoms with Gasteiger partial charge in [0.05, 0.1) is 0 Å². The van der Waals surface area contributed by atoms with Crippen molar-refractivity contribution in [1.82, 2.24) is 9.80 Å². The number of anilines is 1. The van der Waals surface area contributed by atoms with Crippen LogP contribution in [0.25, 0.3) is 0 Å². The molecule has 5 heteroatoms. The number of amides is 3. The van der Waals surface area contributed by atoms with Crippen molar-refractivity contribution in [1.29, 1.82) is 0 Å². The number of hydrogen-bond acceptors (Lipinski definition) is 2. The van der Waals surface area contributed by atoms with Crippen LogP contribution in [0.2, 0.25) is 0 Å². The average Bonchev–Trinajstić information content (AvgIpc) is 2.66. The van der Waals surface area contributed by atoms with Gasteiger partial charge in [-0.1, -0.05) is 18.2 Å². The average molecular weight is 273 g/mol. The molecule has 20 heavy (non-hydrogen) atoms. The van der Waals surface area contributed by atoms with Crippen molar-refractivity contribution < 1.29 is 9.59 Å². The summed E-state index contributed by atoms with van der Waals surface area (Å²) in [6.07, 6.45) is 3.50. The van der Waals surface area contributed by atoms with Gasteiger partial charge in [0.2, 0.25) is 6.41 Å². The number of para-hydroxylation sites is 1. The molecule has 3 rings (SSSR count). The maximum Gasteiger partial charge on any atom is 0.322 e. The molecule has 1 N–H and O–H groups in total. The number of hydrogen-bond donors (Lipinski definition) is 1. The minimum Gasteiger partial charge on any atom is -0.345 e. The number of rotatable bonds is 2. The Morgan fingerprint density at radius 2 is 1.90 bits per heavy atom. The standard InChI is InChI=1S/C15H19N3O2/c19-11-17-8-6-13(7-9-17)18-10-5-12-3-1-2-4-14(12)16-15(18)20/h1-4,11,13H,5-10H2,(H,16,20). The van der Waals surface area contributed by atoms with Gasteiger partial charge in [0.1, 0.15) is 0 Å². The quantitative estimate of drug-likeness (QED) is 0.834. The topological polar surface area (TPSA) is 52.7 Å². The summed E-state index contributed by atoms with van der Waals surface area (Å²) < 4.78 is 0. The van der Waals surface area contributed by atoms with Crippen molar-refractivity contribution in [2.24, 2.45) is 0 Å². The Morgan fingerprint density at radius 1 is 1.15 bits per heavy atom. The summed E-state index contributed by atoms with van der Waals surface area (Å²) in [7, 11) is 0. The molecule has 0 atom stereocenters. The van der Waals surface area contributed by atoms with Crippen LogP contribution in [0, 0.1) is 0 Å². The van der Waals surface area contributed by atoms with E-state index in [2.05, 4.69) is 11.4 Å². The van der Waals surface area contributed by atoms with Crippen molar-refractivity contribution in [3.05, 3.63) is 29.8 Å². The summed E-state index contributed by atoms with van der Waals surface area (Å²) in [5, 5.41) is 3.00. The molecule has 3 amide bonds. The lowest BCUT2D eigenvalue weighted by Gasteiger charge is -2.36. The fraction of sp³-hybridized carbons (Fsp3) is 0.467. The molecule has 0 unspecified atom stereocenters. The Balaban J connectivity index is 1.70. The molecule has 106 valence electrons. The normalized spacial score (nSPS) is 20.1. The molecule has 0 spiro atoms. The molecule has 5 nitrogen and oxygen atoms in total. The third-order valence-electron chi connectivity index (χ3n) is 4.23. The first-order chi connectivity index (χ1) is 9.78. The lowest BCUT2D eigenvalue weighted by molar-refractivity contribution is -0.119. The van der Waals surface area contributed by atoms with Gasteiger partial charge in [-0.05, 0) is 30.9 Å². The summed E-state index contributed by atoms with van der Waals surface area (Å²) in [4.78, 5) is 26.8. The van der Waals surface area contributed by atoms with E-state index in [9.17, 15) is 9.59 Å². The Morgan fingerprint density at radius 3 is 2.65 bits per heavy atom. The summed E-state index contributed by atoms with van der Waals surface area (Å²) in [5.41, 5.74) is 2.11. The van der Waals surface area contributed by atoms with Crippen LogP contribution in [0.1, 0.15) is 18.4 Å². The lowest BCUT2D eigenvalue weighted by atomic mass is 10.0. The highest BCUT2D eigenvalue weighted by atomic mass is 16.2. The minimum atomic E-state index is -0.0143. The molecule has 0 saturated carbocycles. The zero-order chi connectivity index (χ0) is 13.9. The largest absolute Gasteiger partial charge is 0.345 e. The smallest absolute Gasteiger partial charge is 0.322 e. The number of fused-ring (bicyclic) bond motifs is 1. The Kier molecular flexibility index (Phi) is 3.58. The highest BCUT2D eigenvalue weighted by Crippen LogP contribution is 2.24. The van der Waals surface area contributed by atoms with Crippen molar-refractivity contribution in [2.75, 3.05) is 25.0 Å². The molecule has 0 aliphatic carbocycles. The van der Waals surface area contributed by atoms with E-state index >= 15 is 0 Å². The Labute approximate surface area is 118 Å². The number of carbonyl (C=O) groups excluding carboxylic acids is 2. The van der Waals surface area contributed by atoms with Crippen LogP contribution in [0.4, 0.5) is 10.5 Å². The molecule has 2 aliphatic heterocycles.